The van der Waals surface area contributed by atoms with Gasteiger partial charge in [0.05, 0.1) is 0 Å². The number of amides is 1. The second-order valence-electron chi connectivity index (χ2n) is 7.93. The van der Waals surface area contributed by atoms with E-state index in [1.807, 2.05) is 48.7 Å². The SMILES string of the molecule is O=C(c1ccccc1)N(CCCN1CCN(c2ccccn2)CC1)CC1CC1. The molecule has 1 aliphatic heterocycles. The minimum absolute atomic E-state index is 0.187. The van der Waals surface area contributed by atoms with E-state index in [1.54, 1.807) is 0 Å². The summed E-state index contributed by atoms with van der Waals surface area (Å²) in [5.74, 6) is 1.98. The van der Waals surface area contributed by atoms with Crippen LogP contribution in [0.1, 0.15) is 29.6 Å². The Morgan fingerprint density at radius 2 is 1.75 bits per heavy atom. The average Bonchev–Trinajstić information content (AvgIpc) is 3.58. The van der Waals surface area contributed by atoms with Gasteiger partial charge in [-0.15, -0.1) is 0 Å². The lowest BCUT2D eigenvalue weighted by atomic mass is 10.2. The van der Waals surface area contributed by atoms with Gasteiger partial charge in [0.25, 0.3) is 5.91 Å². The molecule has 1 amide bonds. The van der Waals surface area contributed by atoms with Gasteiger partial charge in [-0.2, -0.15) is 0 Å². The van der Waals surface area contributed by atoms with E-state index in [9.17, 15) is 4.79 Å². The zero-order valence-electron chi connectivity index (χ0n) is 16.5. The quantitative estimate of drug-likeness (QED) is 0.707. The summed E-state index contributed by atoms with van der Waals surface area (Å²) < 4.78 is 0. The zero-order valence-corrected chi connectivity index (χ0v) is 16.5. The highest BCUT2D eigenvalue weighted by Crippen LogP contribution is 2.30. The maximum Gasteiger partial charge on any atom is 0.253 e. The highest BCUT2D eigenvalue weighted by molar-refractivity contribution is 5.94. The predicted octanol–water partition coefficient (Wildman–Crippen LogP) is 3.15. The third-order valence-corrected chi connectivity index (χ3v) is 5.73. The number of pyridine rings is 1. The topological polar surface area (TPSA) is 39.7 Å². The van der Waals surface area contributed by atoms with Crippen LogP contribution in [0.5, 0.6) is 0 Å². The first-order valence-corrected chi connectivity index (χ1v) is 10.5. The van der Waals surface area contributed by atoms with Crippen LogP contribution in [0.25, 0.3) is 0 Å². The Kier molecular flexibility index (Phi) is 6.22. The van der Waals surface area contributed by atoms with Gasteiger partial charge >= 0.3 is 0 Å². The van der Waals surface area contributed by atoms with Crippen molar-refractivity contribution in [2.24, 2.45) is 5.92 Å². The Labute approximate surface area is 168 Å². The molecule has 1 aromatic heterocycles. The lowest BCUT2D eigenvalue weighted by Gasteiger charge is -2.35. The first-order chi connectivity index (χ1) is 13.8. The number of carbonyl (C=O) groups is 1. The van der Waals surface area contributed by atoms with E-state index in [0.717, 1.165) is 69.5 Å². The molecule has 5 nitrogen and oxygen atoms in total. The third kappa shape index (κ3) is 5.10. The van der Waals surface area contributed by atoms with Crippen LogP contribution in [0.4, 0.5) is 5.82 Å². The number of anilines is 1. The minimum atomic E-state index is 0.187. The van der Waals surface area contributed by atoms with Crippen LogP contribution >= 0.6 is 0 Å². The largest absolute Gasteiger partial charge is 0.354 e. The van der Waals surface area contributed by atoms with E-state index < -0.39 is 0 Å². The Bertz CT molecular complexity index is 740. The minimum Gasteiger partial charge on any atom is -0.354 e. The number of nitrogens with zero attached hydrogens (tertiary/aromatic N) is 4. The highest BCUT2D eigenvalue weighted by Gasteiger charge is 2.27. The van der Waals surface area contributed by atoms with E-state index in [4.69, 9.17) is 0 Å². The van der Waals surface area contributed by atoms with Gasteiger partial charge in [0.2, 0.25) is 0 Å². The molecular formula is C23H30N4O. The molecule has 2 aromatic rings. The fraction of sp³-hybridized carbons (Fsp3) is 0.478. The van der Waals surface area contributed by atoms with Crippen molar-refractivity contribution < 1.29 is 4.79 Å². The molecule has 4 rings (SSSR count). The number of hydrogen-bond donors (Lipinski definition) is 0. The lowest BCUT2D eigenvalue weighted by Crippen LogP contribution is -2.47. The van der Waals surface area contributed by atoms with Crippen LogP contribution in [0.2, 0.25) is 0 Å². The molecule has 0 N–H and O–H groups in total. The fourth-order valence-electron chi connectivity index (χ4n) is 3.88. The molecule has 2 fully saturated rings. The number of hydrogen-bond acceptors (Lipinski definition) is 4. The standard InChI is InChI=1S/C23H30N4O/c28-23(21-7-2-1-3-8-21)27(19-20-10-11-20)14-6-13-25-15-17-26(18-16-25)22-9-4-5-12-24-22/h1-5,7-9,12,20H,6,10-11,13-19H2. The highest BCUT2D eigenvalue weighted by atomic mass is 16.2. The number of rotatable bonds is 8. The molecular weight excluding hydrogens is 348 g/mol. The summed E-state index contributed by atoms with van der Waals surface area (Å²) in [7, 11) is 0. The van der Waals surface area contributed by atoms with Gasteiger partial charge in [-0.3, -0.25) is 9.69 Å². The van der Waals surface area contributed by atoms with E-state index in [0.29, 0.717) is 0 Å². The fourth-order valence-corrected chi connectivity index (χ4v) is 3.88. The molecule has 0 atom stereocenters. The monoisotopic (exact) mass is 378 g/mol. The normalized spacial score (nSPS) is 17.5. The van der Waals surface area contributed by atoms with Crippen LogP contribution in [-0.4, -0.2) is 66.5 Å². The molecule has 5 heteroatoms. The predicted molar refractivity (Wildman–Crippen MR) is 113 cm³/mol. The summed E-state index contributed by atoms with van der Waals surface area (Å²) in [6, 6.07) is 15.8. The Hall–Kier alpha value is -2.40. The molecule has 28 heavy (non-hydrogen) atoms. The molecule has 1 saturated carbocycles. The number of carbonyl (C=O) groups excluding carboxylic acids is 1. The molecule has 1 aliphatic carbocycles. The van der Waals surface area contributed by atoms with Crippen LogP contribution < -0.4 is 4.90 Å². The van der Waals surface area contributed by atoms with Crippen LogP contribution in [0.3, 0.4) is 0 Å². The molecule has 0 spiro atoms. The van der Waals surface area contributed by atoms with E-state index >= 15 is 0 Å². The van der Waals surface area contributed by atoms with Gasteiger partial charge in [-0.1, -0.05) is 24.3 Å². The maximum absolute atomic E-state index is 12.9. The van der Waals surface area contributed by atoms with Crippen molar-refractivity contribution in [3.8, 4) is 0 Å². The van der Waals surface area contributed by atoms with Crippen LogP contribution in [-0.2, 0) is 0 Å². The van der Waals surface area contributed by atoms with Gasteiger partial charge in [0.1, 0.15) is 5.82 Å². The van der Waals surface area contributed by atoms with Crippen molar-refractivity contribution in [2.75, 3.05) is 50.7 Å². The Morgan fingerprint density at radius 3 is 2.43 bits per heavy atom. The van der Waals surface area contributed by atoms with Gasteiger partial charge < -0.3 is 9.80 Å². The summed E-state index contributed by atoms with van der Waals surface area (Å²) in [5, 5.41) is 0. The average molecular weight is 379 g/mol. The van der Waals surface area contributed by atoms with Gasteiger partial charge in [0, 0.05) is 51.0 Å². The van der Waals surface area contributed by atoms with Crippen molar-refractivity contribution in [2.45, 2.75) is 19.3 Å². The molecule has 148 valence electrons. The van der Waals surface area contributed by atoms with Gasteiger partial charge in [-0.05, 0) is 56.0 Å². The summed E-state index contributed by atoms with van der Waals surface area (Å²) in [5.41, 5.74) is 0.812. The maximum atomic E-state index is 12.9. The van der Waals surface area contributed by atoms with Gasteiger partial charge in [0.15, 0.2) is 0 Å². The smallest absolute Gasteiger partial charge is 0.253 e. The van der Waals surface area contributed by atoms with Crippen molar-refractivity contribution in [3.63, 3.8) is 0 Å². The van der Waals surface area contributed by atoms with Crippen LogP contribution in [0.15, 0.2) is 54.7 Å². The molecule has 2 heterocycles. The molecule has 2 aliphatic rings. The summed E-state index contributed by atoms with van der Waals surface area (Å²) in [6.07, 6.45) is 5.44. The molecule has 1 aromatic carbocycles. The van der Waals surface area contributed by atoms with E-state index in [-0.39, 0.29) is 5.91 Å². The Morgan fingerprint density at radius 1 is 1.00 bits per heavy atom. The first-order valence-electron chi connectivity index (χ1n) is 10.5. The third-order valence-electron chi connectivity index (χ3n) is 5.73. The zero-order chi connectivity index (χ0) is 19.2. The van der Waals surface area contributed by atoms with Crippen molar-refractivity contribution in [1.29, 1.82) is 0 Å². The second kappa shape index (κ2) is 9.20. The summed E-state index contributed by atoms with van der Waals surface area (Å²) >= 11 is 0. The molecule has 1 saturated heterocycles. The molecule has 0 radical (unpaired) electrons. The Balaban J connectivity index is 1.24. The number of piperazine rings is 1. The lowest BCUT2D eigenvalue weighted by molar-refractivity contribution is 0.0739. The molecule has 0 unspecified atom stereocenters. The summed E-state index contributed by atoms with van der Waals surface area (Å²) in [4.78, 5) is 24.3. The van der Waals surface area contributed by atoms with Crippen LogP contribution in [0, 0.1) is 5.92 Å². The summed E-state index contributed by atoms with van der Waals surface area (Å²) in [6.45, 7) is 6.99. The van der Waals surface area contributed by atoms with Crippen molar-refractivity contribution >= 4 is 11.7 Å². The number of aromatic nitrogens is 1. The van der Waals surface area contributed by atoms with Gasteiger partial charge in [-0.25, -0.2) is 4.98 Å². The van der Waals surface area contributed by atoms with E-state index in [2.05, 4.69) is 25.8 Å². The van der Waals surface area contributed by atoms with E-state index in [1.165, 1.54) is 12.8 Å². The first kappa shape index (κ1) is 18.9. The van der Waals surface area contributed by atoms with Crippen molar-refractivity contribution in [3.05, 3.63) is 60.3 Å². The second-order valence-corrected chi connectivity index (χ2v) is 7.93. The van der Waals surface area contributed by atoms with Crippen molar-refractivity contribution in [1.82, 2.24) is 14.8 Å². The number of benzene rings is 1. The molecule has 0 bridgehead atoms.